The van der Waals surface area contributed by atoms with E-state index in [0.29, 0.717) is 31.2 Å². The number of benzene rings is 1. The zero-order valence-corrected chi connectivity index (χ0v) is 12.8. The fourth-order valence-corrected chi connectivity index (χ4v) is 2.00. The van der Waals surface area contributed by atoms with E-state index >= 15 is 0 Å². The van der Waals surface area contributed by atoms with Crippen LogP contribution < -0.4 is 14.8 Å². The molecule has 0 bridgehead atoms. The smallest absolute Gasteiger partial charge is 0.236 e. The SMILES string of the molecule is COc1ccccc1OCCN(C)C(=O)CNCC1CC1. The molecular formula is C16H24N2O3. The van der Waals surface area contributed by atoms with Gasteiger partial charge in [0.05, 0.1) is 20.2 Å². The van der Waals surface area contributed by atoms with Crippen LogP contribution >= 0.6 is 0 Å². The van der Waals surface area contributed by atoms with Crippen molar-refractivity contribution >= 4 is 5.91 Å². The summed E-state index contributed by atoms with van der Waals surface area (Å²) in [5.41, 5.74) is 0. The van der Waals surface area contributed by atoms with Crippen LogP contribution in [-0.4, -0.2) is 51.2 Å². The first kappa shape index (κ1) is 15.6. The second kappa shape index (κ2) is 7.88. The molecule has 0 saturated heterocycles. The average molecular weight is 292 g/mol. The summed E-state index contributed by atoms with van der Waals surface area (Å²) in [5.74, 6) is 2.29. The minimum Gasteiger partial charge on any atom is -0.493 e. The molecule has 0 spiro atoms. The molecule has 1 N–H and O–H groups in total. The summed E-state index contributed by atoms with van der Waals surface area (Å²) in [4.78, 5) is 13.6. The number of likely N-dealkylation sites (N-methyl/N-ethyl adjacent to an activating group) is 1. The number of nitrogens with one attached hydrogen (secondary N) is 1. The fourth-order valence-electron chi connectivity index (χ4n) is 2.00. The predicted octanol–water partition coefficient (Wildman–Crippen LogP) is 1.53. The molecule has 1 aliphatic carbocycles. The van der Waals surface area contributed by atoms with E-state index in [-0.39, 0.29) is 5.91 Å². The number of carbonyl (C=O) groups is 1. The Bertz CT molecular complexity index is 461. The number of methoxy groups -OCH3 is 1. The van der Waals surface area contributed by atoms with Gasteiger partial charge in [0.25, 0.3) is 0 Å². The van der Waals surface area contributed by atoms with Crippen molar-refractivity contribution in [2.24, 2.45) is 5.92 Å². The molecule has 1 aromatic carbocycles. The van der Waals surface area contributed by atoms with E-state index in [9.17, 15) is 4.79 Å². The lowest BCUT2D eigenvalue weighted by Crippen LogP contribution is -2.38. The monoisotopic (exact) mass is 292 g/mol. The quantitative estimate of drug-likeness (QED) is 0.750. The molecule has 2 rings (SSSR count). The number of rotatable bonds is 9. The van der Waals surface area contributed by atoms with Crippen molar-refractivity contribution in [2.75, 3.05) is 40.4 Å². The zero-order valence-electron chi connectivity index (χ0n) is 12.8. The number of amides is 1. The Kier molecular flexibility index (Phi) is 5.87. The van der Waals surface area contributed by atoms with Crippen LogP contribution in [0, 0.1) is 5.92 Å². The van der Waals surface area contributed by atoms with E-state index in [0.717, 1.165) is 12.5 Å². The first-order valence-electron chi connectivity index (χ1n) is 7.41. The summed E-state index contributed by atoms with van der Waals surface area (Å²) < 4.78 is 10.9. The Morgan fingerprint density at radius 1 is 1.33 bits per heavy atom. The summed E-state index contributed by atoms with van der Waals surface area (Å²) >= 11 is 0. The van der Waals surface area contributed by atoms with Gasteiger partial charge in [-0.15, -0.1) is 0 Å². The molecule has 1 amide bonds. The molecule has 116 valence electrons. The predicted molar refractivity (Wildman–Crippen MR) is 81.7 cm³/mol. The number of hydrogen-bond acceptors (Lipinski definition) is 4. The van der Waals surface area contributed by atoms with Gasteiger partial charge in [0.15, 0.2) is 11.5 Å². The summed E-state index contributed by atoms with van der Waals surface area (Å²) in [7, 11) is 3.41. The van der Waals surface area contributed by atoms with Crippen LogP contribution in [0.15, 0.2) is 24.3 Å². The molecular weight excluding hydrogens is 268 g/mol. The van der Waals surface area contributed by atoms with Gasteiger partial charge in [-0.1, -0.05) is 12.1 Å². The van der Waals surface area contributed by atoms with E-state index in [1.165, 1.54) is 12.8 Å². The number of ether oxygens (including phenoxy) is 2. The van der Waals surface area contributed by atoms with Gasteiger partial charge in [-0.2, -0.15) is 0 Å². The topological polar surface area (TPSA) is 50.8 Å². The van der Waals surface area contributed by atoms with Gasteiger partial charge in [0, 0.05) is 7.05 Å². The summed E-state index contributed by atoms with van der Waals surface area (Å²) in [5, 5.41) is 3.20. The maximum atomic E-state index is 11.9. The van der Waals surface area contributed by atoms with Gasteiger partial charge in [-0.05, 0) is 37.4 Å². The highest BCUT2D eigenvalue weighted by Gasteiger charge is 2.21. The Balaban J connectivity index is 1.65. The summed E-state index contributed by atoms with van der Waals surface area (Å²) in [6.45, 7) is 2.37. The van der Waals surface area contributed by atoms with Gasteiger partial charge in [0.1, 0.15) is 6.61 Å². The van der Waals surface area contributed by atoms with E-state index < -0.39 is 0 Å². The third-order valence-electron chi connectivity index (χ3n) is 3.59. The van der Waals surface area contributed by atoms with Gasteiger partial charge in [0.2, 0.25) is 5.91 Å². The van der Waals surface area contributed by atoms with Crippen LogP contribution in [0.2, 0.25) is 0 Å². The molecule has 0 heterocycles. The number of nitrogens with zero attached hydrogens (tertiary/aromatic N) is 1. The van der Waals surface area contributed by atoms with Crippen LogP contribution in [0.1, 0.15) is 12.8 Å². The van der Waals surface area contributed by atoms with E-state index in [4.69, 9.17) is 9.47 Å². The molecule has 0 radical (unpaired) electrons. The van der Waals surface area contributed by atoms with Crippen molar-refractivity contribution in [3.8, 4) is 11.5 Å². The number of carbonyl (C=O) groups excluding carboxylic acids is 1. The minimum atomic E-state index is 0.0966. The van der Waals surface area contributed by atoms with E-state index in [1.807, 2.05) is 24.3 Å². The van der Waals surface area contributed by atoms with Crippen molar-refractivity contribution < 1.29 is 14.3 Å². The van der Waals surface area contributed by atoms with Gasteiger partial charge in [-0.25, -0.2) is 0 Å². The maximum absolute atomic E-state index is 11.9. The fraction of sp³-hybridized carbons (Fsp3) is 0.562. The highest BCUT2D eigenvalue weighted by Crippen LogP contribution is 2.27. The molecule has 0 aliphatic heterocycles. The standard InChI is InChI=1S/C16H24N2O3/c1-18(16(19)12-17-11-13-7-8-13)9-10-21-15-6-4-3-5-14(15)20-2/h3-6,13,17H,7-12H2,1-2H3. The van der Waals surface area contributed by atoms with Crippen molar-refractivity contribution in [1.29, 1.82) is 0 Å². The van der Waals surface area contributed by atoms with E-state index in [2.05, 4.69) is 5.32 Å². The van der Waals surface area contributed by atoms with Crippen molar-refractivity contribution in [1.82, 2.24) is 10.2 Å². The second-order valence-corrected chi connectivity index (χ2v) is 5.39. The normalized spacial score (nSPS) is 13.8. The molecule has 5 nitrogen and oxygen atoms in total. The molecule has 1 aliphatic rings. The highest BCUT2D eigenvalue weighted by atomic mass is 16.5. The average Bonchev–Trinajstić information content (AvgIpc) is 3.31. The van der Waals surface area contributed by atoms with E-state index in [1.54, 1.807) is 19.1 Å². The summed E-state index contributed by atoms with van der Waals surface area (Å²) in [6, 6.07) is 7.51. The van der Waals surface area contributed by atoms with Crippen molar-refractivity contribution in [3.63, 3.8) is 0 Å². The lowest BCUT2D eigenvalue weighted by molar-refractivity contribution is -0.129. The zero-order chi connectivity index (χ0) is 15.1. The first-order valence-corrected chi connectivity index (χ1v) is 7.41. The largest absolute Gasteiger partial charge is 0.493 e. The second-order valence-electron chi connectivity index (χ2n) is 5.39. The lowest BCUT2D eigenvalue weighted by atomic mass is 10.3. The van der Waals surface area contributed by atoms with Crippen LogP contribution in [0.4, 0.5) is 0 Å². The Morgan fingerprint density at radius 3 is 2.71 bits per heavy atom. The third kappa shape index (κ3) is 5.27. The number of para-hydroxylation sites is 2. The van der Waals surface area contributed by atoms with Crippen LogP contribution in [0.5, 0.6) is 11.5 Å². The highest BCUT2D eigenvalue weighted by molar-refractivity contribution is 5.77. The molecule has 1 saturated carbocycles. The molecule has 5 heteroatoms. The molecule has 0 aromatic heterocycles. The van der Waals surface area contributed by atoms with Crippen LogP contribution in [0.3, 0.4) is 0 Å². The first-order chi connectivity index (χ1) is 10.2. The lowest BCUT2D eigenvalue weighted by Gasteiger charge is -2.18. The minimum absolute atomic E-state index is 0.0966. The molecule has 0 atom stereocenters. The van der Waals surface area contributed by atoms with Gasteiger partial charge in [-0.3, -0.25) is 4.79 Å². The van der Waals surface area contributed by atoms with Crippen LogP contribution in [-0.2, 0) is 4.79 Å². The Morgan fingerprint density at radius 2 is 2.05 bits per heavy atom. The molecule has 1 fully saturated rings. The molecule has 0 unspecified atom stereocenters. The van der Waals surface area contributed by atoms with Gasteiger partial charge < -0.3 is 19.7 Å². The Labute approximate surface area is 126 Å². The number of hydrogen-bond donors (Lipinski definition) is 1. The Hall–Kier alpha value is -1.75. The third-order valence-corrected chi connectivity index (χ3v) is 3.59. The molecule has 21 heavy (non-hydrogen) atoms. The van der Waals surface area contributed by atoms with Crippen LogP contribution in [0.25, 0.3) is 0 Å². The molecule has 1 aromatic rings. The van der Waals surface area contributed by atoms with Crippen molar-refractivity contribution in [2.45, 2.75) is 12.8 Å². The summed E-state index contributed by atoms with van der Waals surface area (Å²) in [6.07, 6.45) is 2.59. The van der Waals surface area contributed by atoms with Gasteiger partial charge >= 0.3 is 0 Å². The maximum Gasteiger partial charge on any atom is 0.236 e. The van der Waals surface area contributed by atoms with Crippen molar-refractivity contribution in [3.05, 3.63) is 24.3 Å².